The second kappa shape index (κ2) is 5.93. The van der Waals surface area contributed by atoms with Gasteiger partial charge in [-0.25, -0.2) is 4.79 Å². The van der Waals surface area contributed by atoms with Gasteiger partial charge in [-0.2, -0.15) is 0 Å². The number of rotatable bonds is 4. The summed E-state index contributed by atoms with van der Waals surface area (Å²) in [5.41, 5.74) is 1.78. The molecule has 5 heteroatoms. The lowest BCUT2D eigenvalue weighted by Crippen LogP contribution is -2.41. The van der Waals surface area contributed by atoms with E-state index >= 15 is 0 Å². The third-order valence-corrected chi connectivity index (χ3v) is 2.94. The number of carbonyl (C=O) groups excluding carboxylic acids is 1. The molecule has 0 aliphatic carbocycles. The summed E-state index contributed by atoms with van der Waals surface area (Å²) in [6.45, 7) is 1.52. The zero-order valence-electron chi connectivity index (χ0n) is 10.9. The minimum atomic E-state index is -1.08. The third kappa shape index (κ3) is 2.98. The van der Waals surface area contributed by atoms with E-state index in [1.165, 1.54) is 6.92 Å². The molecule has 0 fully saturated rings. The Balaban J connectivity index is 2.21. The van der Waals surface area contributed by atoms with E-state index in [0.29, 0.717) is 0 Å². The first-order chi connectivity index (χ1) is 9.61. The van der Waals surface area contributed by atoms with Crippen LogP contribution in [0.25, 0.3) is 10.9 Å². The Hall–Kier alpha value is -2.74. The molecular formula is C15H14N2O3. The molecule has 102 valence electrons. The molecule has 2 rings (SSSR count). The summed E-state index contributed by atoms with van der Waals surface area (Å²) >= 11 is 0. The number of carbonyl (C=O) groups is 2. The highest BCUT2D eigenvalue weighted by Gasteiger charge is 2.21. The lowest BCUT2D eigenvalue weighted by Gasteiger charge is -2.12. The number of amides is 1. The maximum atomic E-state index is 11.4. The molecule has 5 nitrogen and oxygen atoms in total. The van der Waals surface area contributed by atoms with Crippen molar-refractivity contribution in [3.63, 3.8) is 0 Å². The molecule has 1 amide bonds. The van der Waals surface area contributed by atoms with Crippen LogP contribution in [-0.4, -0.2) is 28.0 Å². The van der Waals surface area contributed by atoms with Gasteiger partial charge in [-0.3, -0.25) is 4.79 Å². The van der Waals surface area contributed by atoms with Crippen molar-refractivity contribution in [3.8, 4) is 11.8 Å². The molecule has 0 saturated heterocycles. The standard InChI is InChI=1S/C15H14N2O3/c1-2-5-14(18)17-13(15(19)20)8-10-9-16-12-7-4-3-6-11(10)12/h3-4,6-7,9,13,16H,8H2,1H3,(H,17,18)(H,19,20)/t13-/m1/s1. The van der Waals surface area contributed by atoms with Crippen LogP contribution < -0.4 is 5.32 Å². The summed E-state index contributed by atoms with van der Waals surface area (Å²) in [5, 5.41) is 12.5. The van der Waals surface area contributed by atoms with Crippen molar-refractivity contribution in [2.75, 3.05) is 0 Å². The smallest absolute Gasteiger partial charge is 0.326 e. The van der Waals surface area contributed by atoms with Gasteiger partial charge in [0.05, 0.1) is 0 Å². The van der Waals surface area contributed by atoms with Crippen LogP contribution in [0.1, 0.15) is 12.5 Å². The van der Waals surface area contributed by atoms with Gasteiger partial charge in [0.25, 0.3) is 5.91 Å². The van der Waals surface area contributed by atoms with Crippen molar-refractivity contribution in [1.82, 2.24) is 10.3 Å². The van der Waals surface area contributed by atoms with Crippen LogP contribution in [0.2, 0.25) is 0 Å². The number of hydrogen-bond donors (Lipinski definition) is 3. The second-order valence-corrected chi connectivity index (χ2v) is 4.30. The quantitative estimate of drug-likeness (QED) is 0.732. The first-order valence-corrected chi connectivity index (χ1v) is 6.13. The van der Waals surface area contributed by atoms with E-state index in [1.807, 2.05) is 24.3 Å². The van der Waals surface area contributed by atoms with Crippen molar-refractivity contribution in [2.24, 2.45) is 0 Å². The van der Waals surface area contributed by atoms with Crippen LogP contribution in [0.15, 0.2) is 30.5 Å². The Morgan fingerprint density at radius 1 is 1.40 bits per heavy atom. The molecule has 0 unspecified atom stereocenters. The zero-order valence-corrected chi connectivity index (χ0v) is 10.9. The fourth-order valence-corrected chi connectivity index (χ4v) is 2.03. The number of aromatic nitrogens is 1. The normalized spacial score (nSPS) is 11.4. The van der Waals surface area contributed by atoms with E-state index in [4.69, 9.17) is 0 Å². The Morgan fingerprint density at radius 2 is 2.15 bits per heavy atom. The zero-order chi connectivity index (χ0) is 14.5. The molecule has 0 spiro atoms. The summed E-state index contributed by atoms with van der Waals surface area (Å²) in [5.74, 6) is 3.05. The van der Waals surface area contributed by atoms with E-state index in [-0.39, 0.29) is 6.42 Å². The number of carboxylic acid groups (broad SMARTS) is 1. The number of H-pyrrole nitrogens is 1. The van der Waals surface area contributed by atoms with Crippen LogP contribution in [-0.2, 0) is 16.0 Å². The van der Waals surface area contributed by atoms with E-state index in [0.717, 1.165) is 16.5 Å². The number of fused-ring (bicyclic) bond motifs is 1. The maximum absolute atomic E-state index is 11.4. The summed E-state index contributed by atoms with van der Waals surface area (Å²) < 4.78 is 0. The SMILES string of the molecule is CC#CC(=O)N[C@H](Cc1c[nH]c2ccccc12)C(=O)O. The Labute approximate surface area is 116 Å². The van der Waals surface area contributed by atoms with Crippen molar-refractivity contribution >= 4 is 22.8 Å². The Morgan fingerprint density at radius 3 is 2.85 bits per heavy atom. The van der Waals surface area contributed by atoms with Crippen LogP contribution in [0, 0.1) is 11.8 Å². The highest BCUT2D eigenvalue weighted by molar-refractivity contribution is 5.96. The van der Waals surface area contributed by atoms with Gasteiger partial charge in [-0.05, 0) is 24.5 Å². The van der Waals surface area contributed by atoms with Gasteiger partial charge in [-0.1, -0.05) is 24.1 Å². The van der Waals surface area contributed by atoms with Crippen LogP contribution in [0.4, 0.5) is 0 Å². The van der Waals surface area contributed by atoms with Gasteiger partial charge in [-0.15, -0.1) is 0 Å². The first-order valence-electron chi connectivity index (χ1n) is 6.13. The molecule has 3 N–H and O–H groups in total. The molecule has 20 heavy (non-hydrogen) atoms. The number of hydrogen-bond acceptors (Lipinski definition) is 2. The fraction of sp³-hybridized carbons (Fsp3) is 0.200. The largest absolute Gasteiger partial charge is 0.480 e. The van der Waals surface area contributed by atoms with Crippen molar-refractivity contribution < 1.29 is 14.7 Å². The Bertz CT molecular complexity index is 706. The van der Waals surface area contributed by atoms with Gasteiger partial charge in [0.2, 0.25) is 0 Å². The molecule has 1 aromatic heterocycles. The van der Waals surface area contributed by atoms with E-state index in [9.17, 15) is 14.7 Å². The van der Waals surface area contributed by atoms with Gasteiger partial charge in [0.15, 0.2) is 0 Å². The van der Waals surface area contributed by atoms with Crippen molar-refractivity contribution in [2.45, 2.75) is 19.4 Å². The monoisotopic (exact) mass is 270 g/mol. The first kappa shape index (κ1) is 13.7. The Kier molecular flexibility index (Phi) is 4.06. The number of nitrogens with one attached hydrogen (secondary N) is 2. The van der Waals surface area contributed by atoms with E-state index < -0.39 is 17.9 Å². The number of aliphatic carboxylic acids is 1. The maximum Gasteiger partial charge on any atom is 0.326 e. The average Bonchev–Trinajstić information content (AvgIpc) is 2.82. The molecule has 0 radical (unpaired) electrons. The predicted molar refractivity (Wildman–Crippen MR) is 75.0 cm³/mol. The number of para-hydroxylation sites is 1. The van der Waals surface area contributed by atoms with Crippen LogP contribution >= 0.6 is 0 Å². The lowest BCUT2D eigenvalue weighted by atomic mass is 10.1. The molecule has 0 aliphatic rings. The van der Waals surface area contributed by atoms with Gasteiger partial charge in [0, 0.05) is 23.5 Å². The number of benzene rings is 1. The van der Waals surface area contributed by atoms with Gasteiger partial charge < -0.3 is 15.4 Å². The average molecular weight is 270 g/mol. The van der Waals surface area contributed by atoms with Gasteiger partial charge >= 0.3 is 5.97 Å². The minimum Gasteiger partial charge on any atom is -0.480 e. The van der Waals surface area contributed by atoms with Crippen LogP contribution in [0.5, 0.6) is 0 Å². The predicted octanol–water partition coefficient (Wildman–Crippen LogP) is 1.30. The summed E-state index contributed by atoms with van der Waals surface area (Å²) in [6, 6.07) is 6.61. The molecule has 0 bridgehead atoms. The van der Waals surface area contributed by atoms with E-state index in [2.05, 4.69) is 22.1 Å². The topological polar surface area (TPSA) is 82.2 Å². The van der Waals surface area contributed by atoms with Crippen molar-refractivity contribution in [1.29, 1.82) is 0 Å². The molecule has 1 aromatic carbocycles. The van der Waals surface area contributed by atoms with Crippen LogP contribution in [0.3, 0.4) is 0 Å². The second-order valence-electron chi connectivity index (χ2n) is 4.30. The van der Waals surface area contributed by atoms with E-state index in [1.54, 1.807) is 6.20 Å². The number of aromatic amines is 1. The summed E-state index contributed by atoms with van der Waals surface area (Å²) in [7, 11) is 0. The molecule has 1 atom stereocenters. The highest BCUT2D eigenvalue weighted by Crippen LogP contribution is 2.19. The van der Waals surface area contributed by atoms with Gasteiger partial charge in [0.1, 0.15) is 6.04 Å². The minimum absolute atomic E-state index is 0.205. The molecular weight excluding hydrogens is 256 g/mol. The van der Waals surface area contributed by atoms with Crippen molar-refractivity contribution in [3.05, 3.63) is 36.0 Å². The third-order valence-electron chi connectivity index (χ3n) is 2.94. The molecule has 1 heterocycles. The molecule has 0 saturated carbocycles. The summed E-state index contributed by atoms with van der Waals surface area (Å²) in [4.78, 5) is 25.7. The lowest BCUT2D eigenvalue weighted by molar-refractivity contribution is -0.141. The number of carboxylic acids is 1. The molecule has 0 aliphatic heterocycles. The summed E-state index contributed by atoms with van der Waals surface area (Å²) in [6.07, 6.45) is 1.97. The fourth-order valence-electron chi connectivity index (χ4n) is 2.03. The molecule has 2 aromatic rings. The highest BCUT2D eigenvalue weighted by atomic mass is 16.4.